The van der Waals surface area contributed by atoms with Gasteiger partial charge >= 0.3 is 0 Å². The zero-order chi connectivity index (χ0) is 8.83. The molecule has 3 heteroatoms. The van der Waals surface area contributed by atoms with Gasteiger partial charge < -0.3 is 10.1 Å². The lowest BCUT2D eigenvalue weighted by Gasteiger charge is -1.79. The number of carbonyl (C=O) groups excluding carboxylic acids is 1. The summed E-state index contributed by atoms with van der Waals surface area (Å²) in [6, 6.07) is 0. The maximum Gasteiger partial charge on any atom is 0.293 e. The molecular weight excluding hydrogens is 130 g/mol. The number of hydrogen-bond donors (Lipinski definition) is 1. The van der Waals surface area contributed by atoms with Crippen LogP contribution in [0.5, 0.6) is 0 Å². The highest BCUT2D eigenvalue weighted by atomic mass is 16.5. The van der Waals surface area contributed by atoms with Crippen LogP contribution >= 0.6 is 0 Å². The summed E-state index contributed by atoms with van der Waals surface area (Å²) in [5.74, 6) is 0. The van der Waals surface area contributed by atoms with E-state index < -0.39 is 0 Å². The van der Waals surface area contributed by atoms with Gasteiger partial charge in [0.15, 0.2) is 0 Å². The van der Waals surface area contributed by atoms with Crippen molar-refractivity contribution in [1.82, 2.24) is 5.32 Å². The molecule has 0 aliphatic heterocycles. The fourth-order valence-electron chi connectivity index (χ4n) is 0.0680. The Bertz CT molecular complexity index is 48.9. The van der Waals surface area contributed by atoms with Crippen LogP contribution in [0.4, 0.5) is 0 Å². The van der Waals surface area contributed by atoms with Crippen LogP contribution in [0.1, 0.15) is 6.92 Å². The Morgan fingerprint density at radius 3 is 1.80 bits per heavy atom. The molecule has 0 fully saturated rings. The highest BCUT2D eigenvalue weighted by Gasteiger charge is 1.60. The van der Waals surface area contributed by atoms with Gasteiger partial charge in [0.05, 0.1) is 6.61 Å². The molecule has 0 radical (unpaired) electrons. The minimum atomic E-state index is 0.431. The molecule has 0 heterocycles. The van der Waals surface area contributed by atoms with Crippen molar-refractivity contribution in [1.29, 1.82) is 0 Å². The summed E-state index contributed by atoms with van der Waals surface area (Å²) in [4.78, 5) is 9.18. The first-order valence-electron chi connectivity index (χ1n) is 2.97. The Labute approximate surface area is 63.1 Å². The Kier molecular flexibility index (Phi) is 67.2. The van der Waals surface area contributed by atoms with E-state index in [1.165, 1.54) is 0 Å². The molecule has 1 N–H and O–H groups in total. The van der Waals surface area contributed by atoms with Crippen LogP contribution < -0.4 is 5.32 Å². The second-order valence-electron chi connectivity index (χ2n) is 1.05. The van der Waals surface area contributed by atoms with E-state index in [4.69, 9.17) is 0 Å². The molecule has 0 aromatic carbocycles. The molecule has 0 aromatic rings. The van der Waals surface area contributed by atoms with Gasteiger partial charge in [0.25, 0.3) is 6.47 Å². The molecule has 3 nitrogen and oxygen atoms in total. The molecule has 0 saturated heterocycles. The zero-order valence-corrected chi connectivity index (χ0v) is 7.02. The van der Waals surface area contributed by atoms with E-state index in [1.54, 1.807) is 6.92 Å². The first-order chi connectivity index (χ1) is 4.83. The SMILES string of the molecule is C=C.CCOC=O.CNC. The van der Waals surface area contributed by atoms with Gasteiger partial charge in [-0.25, -0.2) is 0 Å². The first kappa shape index (κ1) is 16.1. The standard InChI is InChI=1S/C3H6O2.C2H7N.C2H4/c1-2-5-3-4;1-3-2;1-2/h3H,2H2,1H3;3H,1-2H3;1-2H2. The van der Waals surface area contributed by atoms with E-state index >= 15 is 0 Å². The molecule has 62 valence electrons. The third-order valence-electron chi connectivity index (χ3n) is 0.235. The summed E-state index contributed by atoms with van der Waals surface area (Å²) < 4.78 is 4.15. The van der Waals surface area contributed by atoms with Crippen molar-refractivity contribution < 1.29 is 9.53 Å². The zero-order valence-electron chi connectivity index (χ0n) is 7.02. The van der Waals surface area contributed by atoms with Gasteiger partial charge in [-0.1, -0.05) is 0 Å². The average Bonchev–Trinajstić information content (AvgIpc) is 1.96. The summed E-state index contributed by atoms with van der Waals surface area (Å²) in [7, 11) is 3.75. The van der Waals surface area contributed by atoms with Crippen LogP contribution in [0.2, 0.25) is 0 Å². The highest BCUT2D eigenvalue weighted by molar-refractivity contribution is 5.36. The molecule has 0 atom stereocenters. The van der Waals surface area contributed by atoms with E-state index in [9.17, 15) is 4.79 Å². The van der Waals surface area contributed by atoms with E-state index in [-0.39, 0.29) is 0 Å². The van der Waals surface area contributed by atoms with Gasteiger partial charge in [-0.15, -0.1) is 13.2 Å². The number of nitrogens with one attached hydrogen (secondary N) is 1. The van der Waals surface area contributed by atoms with Crippen LogP contribution in [0.3, 0.4) is 0 Å². The minimum absolute atomic E-state index is 0.431. The molecule has 0 rings (SSSR count). The van der Waals surface area contributed by atoms with E-state index in [1.807, 2.05) is 14.1 Å². The summed E-state index contributed by atoms with van der Waals surface area (Å²) >= 11 is 0. The summed E-state index contributed by atoms with van der Waals surface area (Å²) in [6.45, 7) is 8.66. The predicted octanol–water partition coefficient (Wildman–Crippen LogP) is 0.817. The molecule has 0 aliphatic rings. The van der Waals surface area contributed by atoms with Crippen LogP contribution in [0.15, 0.2) is 13.2 Å². The molecule has 10 heavy (non-hydrogen) atoms. The van der Waals surface area contributed by atoms with Crippen molar-refractivity contribution in [2.24, 2.45) is 0 Å². The maximum atomic E-state index is 9.18. The van der Waals surface area contributed by atoms with Gasteiger partial charge in [-0.3, -0.25) is 4.79 Å². The lowest BCUT2D eigenvalue weighted by Crippen LogP contribution is -1.89. The van der Waals surface area contributed by atoms with Crippen LogP contribution in [0.25, 0.3) is 0 Å². The molecular formula is C7H17NO2. The third kappa shape index (κ3) is 199. The monoisotopic (exact) mass is 147 g/mol. The quantitative estimate of drug-likeness (QED) is 0.464. The highest BCUT2D eigenvalue weighted by Crippen LogP contribution is 1.55. The lowest BCUT2D eigenvalue weighted by molar-refractivity contribution is -0.128. The van der Waals surface area contributed by atoms with Crippen LogP contribution in [-0.4, -0.2) is 27.2 Å². The fourth-order valence-corrected chi connectivity index (χ4v) is 0.0680. The van der Waals surface area contributed by atoms with Gasteiger partial charge in [0.2, 0.25) is 0 Å². The van der Waals surface area contributed by atoms with Gasteiger partial charge in [0, 0.05) is 0 Å². The predicted molar refractivity (Wildman–Crippen MR) is 43.9 cm³/mol. The third-order valence-corrected chi connectivity index (χ3v) is 0.235. The Morgan fingerprint density at radius 1 is 1.50 bits per heavy atom. The number of ether oxygens (including phenoxy) is 1. The normalized spacial score (nSPS) is 5.50. The lowest BCUT2D eigenvalue weighted by atomic mass is 10.9. The molecule has 0 unspecified atom stereocenters. The largest absolute Gasteiger partial charge is 0.468 e. The fraction of sp³-hybridized carbons (Fsp3) is 0.571. The van der Waals surface area contributed by atoms with Crippen molar-refractivity contribution in [2.75, 3.05) is 20.7 Å². The molecule has 0 amide bonds. The molecule has 0 bridgehead atoms. The minimum Gasteiger partial charge on any atom is -0.468 e. The summed E-state index contributed by atoms with van der Waals surface area (Å²) in [6.07, 6.45) is 0. The number of rotatable bonds is 2. The number of hydrogen-bond acceptors (Lipinski definition) is 3. The van der Waals surface area contributed by atoms with Crippen molar-refractivity contribution in [3.63, 3.8) is 0 Å². The Morgan fingerprint density at radius 2 is 1.80 bits per heavy atom. The summed E-state index contributed by atoms with van der Waals surface area (Å²) in [5, 5.41) is 2.75. The number of carbonyl (C=O) groups is 1. The average molecular weight is 147 g/mol. The Hall–Kier alpha value is -0.830. The molecule has 0 aliphatic carbocycles. The topological polar surface area (TPSA) is 38.3 Å². The van der Waals surface area contributed by atoms with Crippen LogP contribution in [-0.2, 0) is 9.53 Å². The van der Waals surface area contributed by atoms with Crippen LogP contribution in [0, 0.1) is 0 Å². The van der Waals surface area contributed by atoms with Gasteiger partial charge in [-0.05, 0) is 21.0 Å². The molecule has 0 aromatic heterocycles. The summed E-state index contributed by atoms with van der Waals surface area (Å²) in [5.41, 5.74) is 0. The first-order valence-corrected chi connectivity index (χ1v) is 2.97. The molecule has 0 saturated carbocycles. The Balaban J connectivity index is -0.0000000847. The van der Waals surface area contributed by atoms with E-state index in [0.29, 0.717) is 13.1 Å². The van der Waals surface area contributed by atoms with E-state index in [0.717, 1.165) is 0 Å². The van der Waals surface area contributed by atoms with Crippen molar-refractivity contribution in [3.8, 4) is 0 Å². The van der Waals surface area contributed by atoms with E-state index in [2.05, 4.69) is 23.2 Å². The van der Waals surface area contributed by atoms with Crippen molar-refractivity contribution in [2.45, 2.75) is 6.92 Å². The van der Waals surface area contributed by atoms with Crippen molar-refractivity contribution in [3.05, 3.63) is 13.2 Å². The second kappa shape index (κ2) is 41.8. The van der Waals surface area contributed by atoms with Crippen molar-refractivity contribution >= 4 is 6.47 Å². The van der Waals surface area contributed by atoms with Gasteiger partial charge in [0.1, 0.15) is 0 Å². The molecule has 0 spiro atoms. The smallest absolute Gasteiger partial charge is 0.293 e. The second-order valence-corrected chi connectivity index (χ2v) is 1.05. The maximum absolute atomic E-state index is 9.18. The van der Waals surface area contributed by atoms with Gasteiger partial charge in [-0.2, -0.15) is 0 Å².